The number of amides is 1. The van der Waals surface area contributed by atoms with Crippen LogP contribution in [0.2, 0.25) is 0 Å². The quantitative estimate of drug-likeness (QED) is 0.542. The van der Waals surface area contributed by atoms with Crippen molar-refractivity contribution in [2.45, 2.75) is 38.3 Å². The molecule has 25 heavy (non-hydrogen) atoms. The Kier molecular flexibility index (Phi) is 7.36. The van der Waals surface area contributed by atoms with E-state index < -0.39 is 12.6 Å². The highest BCUT2D eigenvalue weighted by Gasteiger charge is 2.17. The predicted molar refractivity (Wildman–Crippen MR) is 91.2 cm³/mol. The number of ether oxygens (including phenoxy) is 2. The molecule has 5 nitrogen and oxygen atoms in total. The van der Waals surface area contributed by atoms with Crippen molar-refractivity contribution in [2.75, 3.05) is 6.61 Å². The first kappa shape index (κ1) is 19.4. The monoisotopic (exact) mass is 417 g/mol. The molecule has 0 unspecified atom stereocenters. The smallest absolute Gasteiger partial charge is 0.387 e. The van der Waals surface area contributed by atoms with E-state index in [0.717, 1.165) is 31.8 Å². The zero-order chi connectivity index (χ0) is 18.2. The number of alkyl halides is 2. The van der Waals surface area contributed by atoms with Gasteiger partial charge in [-0.2, -0.15) is 8.78 Å². The first-order valence-corrected chi connectivity index (χ1v) is 8.62. The molecule has 0 saturated heterocycles. The zero-order valence-electron chi connectivity index (χ0n) is 13.3. The minimum Gasteiger partial charge on any atom is -0.452 e. The molecule has 0 spiro atoms. The predicted octanol–water partition coefficient (Wildman–Crippen LogP) is 3.67. The van der Waals surface area contributed by atoms with Crippen molar-refractivity contribution >= 4 is 33.9 Å². The molecule has 1 N–H and O–H groups in total. The Labute approximate surface area is 152 Å². The van der Waals surface area contributed by atoms with Crippen molar-refractivity contribution < 1.29 is 27.8 Å². The SMILES string of the molecule is O=C(COC(=O)/C=C/c1cc(Br)ccc1OC(F)F)NC1CCCC1. The fourth-order valence-electron chi connectivity index (χ4n) is 2.53. The van der Waals surface area contributed by atoms with Gasteiger partial charge in [0.2, 0.25) is 0 Å². The summed E-state index contributed by atoms with van der Waals surface area (Å²) in [4.78, 5) is 23.4. The lowest BCUT2D eigenvalue weighted by Crippen LogP contribution is -2.35. The van der Waals surface area contributed by atoms with Crippen LogP contribution in [-0.4, -0.2) is 31.1 Å². The lowest BCUT2D eigenvalue weighted by molar-refractivity contribution is -0.144. The highest BCUT2D eigenvalue weighted by molar-refractivity contribution is 9.10. The van der Waals surface area contributed by atoms with Crippen LogP contribution in [0.15, 0.2) is 28.7 Å². The molecular weight excluding hydrogens is 400 g/mol. The third kappa shape index (κ3) is 6.81. The van der Waals surface area contributed by atoms with Gasteiger partial charge in [-0.05, 0) is 37.1 Å². The topological polar surface area (TPSA) is 64.6 Å². The summed E-state index contributed by atoms with van der Waals surface area (Å²) in [6.45, 7) is -3.35. The van der Waals surface area contributed by atoms with Crippen LogP contribution in [0.4, 0.5) is 8.78 Å². The third-order valence-corrected chi connectivity index (χ3v) is 4.15. The van der Waals surface area contributed by atoms with Gasteiger partial charge in [0.15, 0.2) is 6.61 Å². The summed E-state index contributed by atoms with van der Waals surface area (Å²) >= 11 is 3.21. The van der Waals surface area contributed by atoms with Gasteiger partial charge in [0.05, 0.1) is 0 Å². The second-order valence-corrected chi connectivity index (χ2v) is 6.47. The van der Waals surface area contributed by atoms with Gasteiger partial charge in [-0.15, -0.1) is 0 Å². The standard InChI is InChI=1S/C17H18BrF2NO4/c18-12-6-7-14(25-17(19)20)11(9-12)5-8-16(23)24-10-15(22)21-13-3-1-2-4-13/h5-9,13,17H,1-4,10H2,(H,21,22)/b8-5+. The van der Waals surface area contributed by atoms with Gasteiger partial charge in [0.25, 0.3) is 5.91 Å². The molecule has 0 heterocycles. The molecule has 136 valence electrons. The van der Waals surface area contributed by atoms with Crippen LogP contribution in [0.25, 0.3) is 6.08 Å². The normalized spacial score (nSPS) is 14.9. The number of carbonyl (C=O) groups excluding carboxylic acids is 2. The Hall–Kier alpha value is -1.96. The minimum atomic E-state index is -2.97. The van der Waals surface area contributed by atoms with Gasteiger partial charge in [0, 0.05) is 22.2 Å². The van der Waals surface area contributed by atoms with E-state index >= 15 is 0 Å². The Bertz CT molecular complexity index is 646. The van der Waals surface area contributed by atoms with Gasteiger partial charge in [-0.25, -0.2) is 4.79 Å². The maximum atomic E-state index is 12.4. The average molecular weight is 418 g/mol. The van der Waals surface area contributed by atoms with E-state index in [1.807, 2.05) is 0 Å². The van der Waals surface area contributed by atoms with Crippen LogP contribution >= 0.6 is 15.9 Å². The molecule has 1 fully saturated rings. The summed E-state index contributed by atoms with van der Waals surface area (Å²) < 4.78 is 34.6. The summed E-state index contributed by atoms with van der Waals surface area (Å²) in [6, 6.07) is 4.57. The molecule has 1 aromatic carbocycles. The van der Waals surface area contributed by atoms with Crippen molar-refractivity contribution in [1.82, 2.24) is 5.32 Å². The first-order chi connectivity index (χ1) is 11.9. The lowest BCUT2D eigenvalue weighted by Gasteiger charge is -2.11. The first-order valence-electron chi connectivity index (χ1n) is 7.82. The number of hydrogen-bond donors (Lipinski definition) is 1. The number of rotatable bonds is 7. The van der Waals surface area contributed by atoms with Crippen molar-refractivity contribution in [3.05, 3.63) is 34.3 Å². The van der Waals surface area contributed by atoms with Crippen molar-refractivity contribution in [2.24, 2.45) is 0 Å². The average Bonchev–Trinajstić information content (AvgIpc) is 3.05. The summed E-state index contributed by atoms with van der Waals surface area (Å²) in [6.07, 6.45) is 6.40. The van der Waals surface area contributed by atoms with Gasteiger partial charge >= 0.3 is 12.6 Å². The van der Waals surface area contributed by atoms with E-state index in [2.05, 4.69) is 26.0 Å². The van der Waals surface area contributed by atoms with Crippen LogP contribution in [0.1, 0.15) is 31.2 Å². The molecule has 0 radical (unpaired) electrons. The van der Waals surface area contributed by atoms with Crippen molar-refractivity contribution in [1.29, 1.82) is 0 Å². The molecular formula is C17H18BrF2NO4. The Morgan fingerprint density at radius 3 is 2.72 bits per heavy atom. The fourth-order valence-corrected chi connectivity index (χ4v) is 2.91. The van der Waals surface area contributed by atoms with Crippen LogP contribution in [0.3, 0.4) is 0 Å². The molecule has 0 bridgehead atoms. The van der Waals surface area contributed by atoms with Gasteiger partial charge in [-0.1, -0.05) is 28.8 Å². The Morgan fingerprint density at radius 1 is 1.32 bits per heavy atom. The van der Waals surface area contributed by atoms with Crippen molar-refractivity contribution in [3.63, 3.8) is 0 Å². The zero-order valence-corrected chi connectivity index (χ0v) is 14.9. The van der Waals surface area contributed by atoms with E-state index in [1.54, 1.807) is 6.07 Å². The van der Waals surface area contributed by atoms with Crippen LogP contribution in [0.5, 0.6) is 5.75 Å². The van der Waals surface area contributed by atoms with E-state index in [9.17, 15) is 18.4 Å². The fraction of sp³-hybridized carbons (Fsp3) is 0.412. The molecule has 0 aliphatic heterocycles. The number of esters is 1. The largest absolute Gasteiger partial charge is 0.452 e. The molecule has 1 amide bonds. The number of benzene rings is 1. The van der Waals surface area contributed by atoms with Gasteiger partial charge < -0.3 is 14.8 Å². The molecule has 1 saturated carbocycles. The molecule has 0 aromatic heterocycles. The molecule has 0 atom stereocenters. The number of carbonyl (C=O) groups is 2. The van der Waals surface area contributed by atoms with Gasteiger partial charge in [0.1, 0.15) is 5.75 Å². The summed E-state index contributed by atoms with van der Waals surface area (Å²) in [5.41, 5.74) is 0.280. The molecule has 1 aliphatic rings. The maximum Gasteiger partial charge on any atom is 0.387 e. The summed E-state index contributed by atoms with van der Waals surface area (Å²) in [5.74, 6) is -1.16. The number of halogens is 3. The second-order valence-electron chi connectivity index (χ2n) is 5.55. The highest BCUT2D eigenvalue weighted by atomic mass is 79.9. The maximum absolute atomic E-state index is 12.4. The number of hydrogen-bond acceptors (Lipinski definition) is 4. The summed E-state index contributed by atoms with van der Waals surface area (Å²) in [5, 5.41) is 2.80. The van der Waals surface area contributed by atoms with Crippen LogP contribution in [-0.2, 0) is 14.3 Å². The Morgan fingerprint density at radius 2 is 2.04 bits per heavy atom. The molecule has 1 aromatic rings. The summed E-state index contributed by atoms with van der Waals surface area (Å²) in [7, 11) is 0. The van der Waals surface area contributed by atoms with Gasteiger partial charge in [-0.3, -0.25) is 4.79 Å². The second kappa shape index (κ2) is 9.50. The molecule has 2 rings (SSSR count). The lowest BCUT2D eigenvalue weighted by atomic mass is 10.2. The van der Waals surface area contributed by atoms with Crippen LogP contribution < -0.4 is 10.1 Å². The molecule has 1 aliphatic carbocycles. The van der Waals surface area contributed by atoms with E-state index in [-0.39, 0.29) is 29.9 Å². The van der Waals surface area contributed by atoms with E-state index in [0.29, 0.717) is 4.47 Å². The number of nitrogens with one attached hydrogen (secondary N) is 1. The van der Waals surface area contributed by atoms with E-state index in [1.165, 1.54) is 18.2 Å². The third-order valence-electron chi connectivity index (χ3n) is 3.65. The van der Waals surface area contributed by atoms with E-state index in [4.69, 9.17) is 4.74 Å². The molecule has 8 heteroatoms. The van der Waals surface area contributed by atoms with Crippen LogP contribution in [0, 0.1) is 0 Å². The highest BCUT2D eigenvalue weighted by Crippen LogP contribution is 2.26. The van der Waals surface area contributed by atoms with Crippen molar-refractivity contribution in [3.8, 4) is 5.75 Å². The minimum absolute atomic E-state index is 0.0683. The Balaban J connectivity index is 1.86.